The van der Waals surface area contributed by atoms with Crippen molar-refractivity contribution < 1.29 is 23.8 Å². The van der Waals surface area contributed by atoms with Crippen molar-refractivity contribution in [3.8, 4) is 0 Å². The van der Waals surface area contributed by atoms with Crippen LogP contribution in [0, 0.1) is 17.8 Å². The number of methoxy groups -OCH3 is 1. The molecule has 0 bridgehead atoms. The van der Waals surface area contributed by atoms with Gasteiger partial charge in [-0.05, 0) is 99.0 Å². The molecule has 38 heavy (non-hydrogen) atoms. The normalized spacial score (nSPS) is 28.0. The predicted molar refractivity (Wildman–Crippen MR) is 150 cm³/mol. The van der Waals surface area contributed by atoms with Crippen LogP contribution in [-0.4, -0.2) is 59.6 Å². The third-order valence-corrected chi connectivity index (χ3v) is 7.62. The zero-order valence-corrected chi connectivity index (χ0v) is 25.0. The number of benzene rings is 1. The summed E-state index contributed by atoms with van der Waals surface area (Å²) in [5.74, 6) is 0.214. The van der Waals surface area contributed by atoms with Crippen molar-refractivity contribution in [3.63, 3.8) is 0 Å². The first-order valence-electron chi connectivity index (χ1n) is 14.1. The van der Waals surface area contributed by atoms with Gasteiger partial charge in [-0.25, -0.2) is 4.79 Å². The highest BCUT2D eigenvalue weighted by Crippen LogP contribution is 2.41. The van der Waals surface area contributed by atoms with E-state index in [9.17, 15) is 9.59 Å². The van der Waals surface area contributed by atoms with E-state index in [0.29, 0.717) is 6.54 Å². The van der Waals surface area contributed by atoms with Crippen LogP contribution in [0.2, 0.25) is 0 Å². The maximum atomic E-state index is 13.4. The summed E-state index contributed by atoms with van der Waals surface area (Å²) in [5.41, 5.74) is -0.509. The minimum absolute atomic E-state index is 0.0622. The summed E-state index contributed by atoms with van der Waals surface area (Å²) >= 11 is 0. The van der Waals surface area contributed by atoms with Crippen LogP contribution in [0.5, 0.6) is 0 Å². The molecule has 1 aliphatic carbocycles. The van der Waals surface area contributed by atoms with Crippen molar-refractivity contribution in [2.24, 2.45) is 17.8 Å². The smallest absolute Gasteiger partial charge is 0.412 e. The predicted octanol–water partition coefficient (Wildman–Crippen LogP) is 5.95. The fourth-order valence-corrected chi connectivity index (χ4v) is 5.87. The summed E-state index contributed by atoms with van der Waals surface area (Å²) in [6, 6.07) is 10.3. The first-order valence-corrected chi connectivity index (χ1v) is 14.1. The van der Waals surface area contributed by atoms with Gasteiger partial charge in [0.2, 0.25) is 5.91 Å². The third kappa shape index (κ3) is 8.44. The number of hydrogen-bond donors (Lipinski definition) is 1. The molecule has 1 aromatic carbocycles. The van der Waals surface area contributed by atoms with E-state index >= 15 is 0 Å². The molecular formula is C31H50N2O5. The molecule has 2 fully saturated rings. The number of carbonyl (C=O) groups is 2. The molecule has 7 heteroatoms. The van der Waals surface area contributed by atoms with E-state index in [1.54, 1.807) is 12.0 Å². The van der Waals surface area contributed by atoms with Crippen molar-refractivity contribution in [1.29, 1.82) is 0 Å². The van der Waals surface area contributed by atoms with Gasteiger partial charge in [-0.15, -0.1) is 0 Å². The second kappa shape index (κ2) is 12.0. The van der Waals surface area contributed by atoms with E-state index in [-0.39, 0.29) is 47.5 Å². The van der Waals surface area contributed by atoms with E-state index < -0.39 is 11.3 Å². The van der Waals surface area contributed by atoms with Gasteiger partial charge in [-0.2, -0.15) is 0 Å². The van der Waals surface area contributed by atoms with Gasteiger partial charge in [0.25, 0.3) is 0 Å². The SMILES string of the molecule is COC1CCC(C(=O)NC(C)(C)C)C(CC2OC(C)(C)N(C(=O)OC(C)(C)C)CC2Cc2ccccc2)C1. The number of nitrogens with one attached hydrogen (secondary N) is 1. The molecular weight excluding hydrogens is 480 g/mol. The van der Waals surface area contributed by atoms with Crippen LogP contribution >= 0.6 is 0 Å². The van der Waals surface area contributed by atoms with Gasteiger partial charge in [-0.3, -0.25) is 9.69 Å². The number of amides is 2. The van der Waals surface area contributed by atoms with Crippen molar-refractivity contribution in [3.05, 3.63) is 35.9 Å². The van der Waals surface area contributed by atoms with Crippen LogP contribution in [-0.2, 0) is 25.4 Å². The molecule has 1 N–H and O–H groups in total. The zero-order valence-electron chi connectivity index (χ0n) is 25.0. The lowest BCUT2D eigenvalue weighted by Gasteiger charge is -2.50. The molecule has 3 rings (SSSR count). The number of ether oxygens (including phenoxy) is 3. The lowest BCUT2D eigenvalue weighted by molar-refractivity contribution is -0.217. The summed E-state index contributed by atoms with van der Waals surface area (Å²) in [6.45, 7) is 16.1. The second-order valence-corrected chi connectivity index (χ2v) is 13.7. The van der Waals surface area contributed by atoms with Crippen LogP contribution in [0.3, 0.4) is 0 Å². The van der Waals surface area contributed by atoms with Crippen molar-refractivity contribution in [2.75, 3.05) is 13.7 Å². The van der Waals surface area contributed by atoms with Gasteiger partial charge < -0.3 is 19.5 Å². The number of nitrogens with zero attached hydrogens (tertiary/aromatic N) is 1. The zero-order chi connectivity index (χ0) is 28.3. The van der Waals surface area contributed by atoms with Crippen LogP contribution in [0.25, 0.3) is 0 Å². The van der Waals surface area contributed by atoms with Gasteiger partial charge in [-0.1, -0.05) is 30.3 Å². The Labute approximate surface area is 230 Å². The van der Waals surface area contributed by atoms with Crippen LogP contribution in [0.4, 0.5) is 4.79 Å². The standard InChI is InChI=1S/C31H50N2O5/c1-29(2,3)32-27(34)25-16-15-24(36-9)18-22(25)19-26-23(17-21-13-11-10-12-14-21)20-33(31(7,8)37-26)28(35)38-30(4,5)6/h10-14,22-26H,15-20H2,1-9H3,(H,32,34). The van der Waals surface area contributed by atoms with Crippen LogP contribution < -0.4 is 5.32 Å². The number of carbonyl (C=O) groups excluding carboxylic acids is 2. The molecule has 2 aliphatic rings. The Balaban J connectivity index is 1.88. The molecule has 1 aromatic rings. The molecule has 1 saturated carbocycles. The Morgan fingerprint density at radius 2 is 1.71 bits per heavy atom. The fraction of sp³-hybridized carbons (Fsp3) is 0.742. The second-order valence-electron chi connectivity index (χ2n) is 13.7. The number of rotatable bonds is 6. The Hall–Kier alpha value is -2.12. The first kappa shape index (κ1) is 30.4. The topological polar surface area (TPSA) is 77.1 Å². The van der Waals surface area contributed by atoms with Crippen LogP contribution in [0.15, 0.2) is 30.3 Å². The molecule has 0 aromatic heterocycles. The Bertz CT molecular complexity index is 934. The average molecular weight is 531 g/mol. The minimum Gasteiger partial charge on any atom is -0.444 e. The highest BCUT2D eigenvalue weighted by Gasteiger charge is 2.47. The maximum Gasteiger partial charge on any atom is 0.412 e. The van der Waals surface area contributed by atoms with Crippen molar-refractivity contribution in [2.45, 2.75) is 117 Å². The fourth-order valence-electron chi connectivity index (χ4n) is 5.87. The van der Waals surface area contributed by atoms with E-state index in [1.807, 2.05) is 73.6 Å². The monoisotopic (exact) mass is 530 g/mol. The summed E-state index contributed by atoms with van der Waals surface area (Å²) in [4.78, 5) is 28.3. The lowest BCUT2D eigenvalue weighted by atomic mass is 9.72. The summed E-state index contributed by atoms with van der Waals surface area (Å²) in [7, 11) is 1.76. The van der Waals surface area contributed by atoms with Crippen LogP contribution in [0.1, 0.15) is 86.6 Å². The van der Waals surface area contributed by atoms with E-state index in [1.165, 1.54) is 5.56 Å². The molecule has 5 atom stereocenters. The quantitative estimate of drug-likeness (QED) is 0.492. The largest absolute Gasteiger partial charge is 0.444 e. The molecule has 0 spiro atoms. The van der Waals surface area contributed by atoms with Crippen molar-refractivity contribution >= 4 is 12.0 Å². The molecule has 5 unspecified atom stereocenters. The third-order valence-electron chi connectivity index (χ3n) is 7.62. The summed E-state index contributed by atoms with van der Waals surface area (Å²) in [6.07, 6.45) is 3.69. The summed E-state index contributed by atoms with van der Waals surface area (Å²) < 4.78 is 18.3. The minimum atomic E-state index is -0.835. The van der Waals surface area contributed by atoms with Crippen molar-refractivity contribution in [1.82, 2.24) is 10.2 Å². The van der Waals surface area contributed by atoms with Gasteiger partial charge in [0.15, 0.2) is 0 Å². The van der Waals surface area contributed by atoms with E-state index in [0.717, 1.165) is 32.1 Å². The molecule has 1 heterocycles. The van der Waals surface area contributed by atoms with Gasteiger partial charge >= 0.3 is 6.09 Å². The van der Waals surface area contributed by atoms with E-state index in [4.69, 9.17) is 14.2 Å². The Kier molecular flexibility index (Phi) is 9.57. The molecule has 214 valence electrons. The van der Waals surface area contributed by atoms with E-state index in [2.05, 4.69) is 17.4 Å². The maximum absolute atomic E-state index is 13.4. The molecule has 1 aliphatic heterocycles. The lowest BCUT2D eigenvalue weighted by Crippen LogP contribution is -2.61. The molecule has 7 nitrogen and oxygen atoms in total. The highest BCUT2D eigenvalue weighted by molar-refractivity contribution is 5.79. The first-order chi connectivity index (χ1) is 17.6. The van der Waals surface area contributed by atoms with Gasteiger partial charge in [0.05, 0.1) is 12.2 Å². The van der Waals surface area contributed by atoms with Gasteiger partial charge in [0.1, 0.15) is 11.3 Å². The van der Waals surface area contributed by atoms with Gasteiger partial charge in [0, 0.05) is 31.0 Å². The Morgan fingerprint density at radius 3 is 2.29 bits per heavy atom. The molecule has 1 saturated heterocycles. The highest BCUT2D eigenvalue weighted by atomic mass is 16.6. The molecule has 0 radical (unpaired) electrons. The Morgan fingerprint density at radius 1 is 1.05 bits per heavy atom. The molecule has 2 amide bonds. The average Bonchev–Trinajstić information content (AvgIpc) is 2.78. The number of hydrogen-bond acceptors (Lipinski definition) is 5. The summed E-state index contributed by atoms with van der Waals surface area (Å²) in [5, 5.41) is 3.21.